The fourth-order valence-electron chi connectivity index (χ4n) is 3.83. The number of thiazole rings is 1. The van der Waals surface area contributed by atoms with Gasteiger partial charge in [-0.05, 0) is 56.2 Å². The maximum Gasteiger partial charge on any atom is 0.326 e. The average molecular weight is 522 g/mol. The van der Waals surface area contributed by atoms with Gasteiger partial charge in [-0.25, -0.2) is 8.42 Å². The second-order valence-electron chi connectivity index (χ2n) is 7.77. The summed E-state index contributed by atoms with van der Waals surface area (Å²) in [5, 5.41) is 0.430. The molecule has 3 aromatic rings. The van der Waals surface area contributed by atoms with E-state index in [2.05, 4.69) is 4.99 Å². The van der Waals surface area contributed by atoms with Gasteiger partial charge >= 0.3 is 5.97 Å². The molecule has 180 valence electrons. The van der Waals surface area contributed by atoms with E-state index in [1.165, 1.54) is 39.9 Å². The minimum absolute atomic E-state index is 0.142. The topological polar surface area (TPSA) is 98.0 Å². The van der Waals surface area contributed by atoms with Gasteiger partial charge in [-0.2, -0.15) is 9.30 Å². The summed E-state index contributed by atoms with van der Waals surface area (Å²) in [5.74, 6) is -1.02. The van der Waals surface area contributed by atoms with E-state index in [9.17, 15) is 18.0 Å². The number of hydrogen-bond donors (Lipinski definition) is 0. The van der Waals surface area contributed by atoms with Crippen LogP contribution in [-0.4, -0.2) is 48.9 Å². The summed E-state index contributed by atoms with van der Waals surface area (Å²) in [6, 6.07) is 11.1. The van der Waals surface area contributed by atoms with Crippen molar-refractivity contribution in [3.8, 4) is 0 Å². The SMILES string of the molecule is CCOC(=O)Cn1c(=NC(=O)c2ccc(S(=O)(=O)N3CCCCC3)cc2)sc2cccc(Cl)c21. The van der Waals surface area contributed by atoms with Crippen LogP contribution in [0, 0.1) is 0 Å². The molecule has 1 aromatic heterocycles. The summed E-state index contributed by atoms with van der Waals surface area (Å²) >= 11 is 7.59. The molecule has 0 radical (unpaired) electrons. The predicted octanol–water partition coefficient (Wildman–Crippen LogP) is 3.84. The Morgan fingerprint density at radius 2 is 1.79 bits per heavy atom. The van der Waals surface area contributed by atoms with Gasteiger partial charge < -0.3 is 9.30 Å². The number of benzene rings is 2. The molecule has 8 nitrogen and oxygen atoms in total. The van der Waals surface area contributed by atoms with Gasteiger partial charge in [0.25, 0.3) is 5.91 Å². The van der Waals surface area contributed by atoms with Crippen molar-refractivity contribution in [2.45, 2.75) is 37.6 Å². The maximum atomic E-state index is 12.9. The molecule has 0 aliphatic carbocycles. The highest BCUT2D eigenvalue weighted by Crippen LogP contribution is 2.26. The number of esters is 1. The number of sulfonamides is 1. The van der Waals surface area contributed by atoms with Crippen LogP contribution in [0.1, 0.15) is 36.5 Å². The number of piperidine rings is 1. The predicted molar refractivity (Wildman–Crippen MR) is 130 cm³/mol. The molecule has 4 rings (SSSR count). The summed E-state index contributed by atoms with van der Waals surface area (Å²) in [4.78, 5) is 29.8. The number of carbonyl (C=O) groups excluding carboxylic acids is 2. The van der Waals surface area contributed by atoms with Crippen LogP contribution >= 0.6 is 22.9 Å². The number of rotatable bonds is 6. The van der Waals surface area contributed by atoms with Crippen LogP contribution in [0.15, 0.2) is 52.4 Å². The number of carbonyl (C=O) groups is 2. The molecule has 0 bridgehead atoms. The molecule has 1 amide bonds. The van der Waals surface area contributed by atoms with E-state index in [-0.39, 0.29) is 23.6 Å². The zero-order valence-corrected chi connectivity index (χ0v) is 21.0. The number of nitrogens with zero attached hydrogens (tertiary/aromatic N) is 3. The first-order valence-electron chi connectivity index (χ1n) is 10.9. The van der Waals surface area contributed by atoms with Crippen molar-refractivity contribution in [1.29, 1.82) is 0 Å². The molecule has 1 aliphatic rings. The number of aromatic nitrogens is 1. The molecule has 0 spiro atoms. The third-order valence-electron chi connectivity index (χ3n) is 5.50. The van der Waals surface area contributed by atoms with Crippen molar-refractivity contribution in [2.24, 2.45) is 4.99 Å². The van der Waals surface area contributed by atoms with Crippen LogP contribution in [0.3, 0.4) is 0 Å². The van der Waals surface area contributed by atoms with E-state index in [0.717, 1.165) is 24.0 Å². The second kappa shape index (κ2) is 10.4. The van der Waals surface area contributed by atoms with Crippen molar-refractivity contribution >= 4 is 55.1 Å². The molecule has 11 heteroatoms. The first kappa shape index (κ1) is 24.6. The van der Waals surface area contributed by atoms with Gasteiger partial charge in [-0.15, -0.1) is 0 Å². The van der Waals surface area contributed by atoms with Crippen LogP contribution in [0.2, 0.25) is 5.02 Å². The zero-order valence-electron chi connectivity index (χ0n) is 18.6. The van der Waals surface area contributed by atoms with Crippen LogP contribution in [0.5, 0.6) is 0 Å². The van der Waals surface area contributed by atoms with E-state index in [1.807, 2.05) is 6.07 Å². The average Bonchev–Trinajstić information content (AvgIpc) is 3.17. The molecule has 0 atom stereocenters. The zero-order chi connectivity index (χ0) is 24.3. The molecule has 1 aliphatic heterocycles. The monoisotopic (exact) mass is 521 g/mol. The third-order valence-corrected chi connectivity index (χ3v) is 8.76. The van der Waals surface area contributed by atoms with E-state index >= 15 is 0 Å². The van der Waals surface area contributed by atoms with Gasteiger partial charge in [-0.1, -0.05) is 35.4 Å². The van der Waals surface area contributed by atoms with Gasteiger partial charge in [0.05, 0.1) is 26.7 Å². The molecule has 0 N–H and O–H groups in total. The molecule has 34 heavy (non-hydrogen) atoms. The Hall–Kier alpha value is -2.53. The Balaban J connectivity index is 1.67. The lowest BCUT2D eigenvalue weighted by Crippen LogP contribution is -2.35. The van der Waals surface area contributed by atoms with Crippen molar-refractivity contribution in [3.63, 3.8) is 0 Å². The molecule has 0 unspecified atom stereocenters. The first-order chi connectivity index (χ1) is 16.3. The van der Waals surface area contributed by atoms with E-state index in [0.29, 0.717) is 28.4 Å². The number of hydrogen-bond acceptors (Lipinski definition) is 6. The quantitative estimate of drug-likeness (QED) is 0.459. The van der Waals surface area contributed by atoms with Crippen molar-refractivity contribution in [1.82, 2.24) is 8.87 Å². The Bertz CT molecular complexity index is 1390. The van der Waals surface area contributed by atoms with E-state index in [1.54, 1.807) is 23.6 Å². The summed E-state index contributed by atoms with van der Waals surface area (Å²) in [6.07, 6.45) is 2.72. The maximum absolute atomic E-state index is 12.9. The van der Waals surface area contributed by atoms with Crippen LogP contribution < -0.4 is 4.80 Å². The standard InChI is InChI=1S/C23H24ClN3O5S2/c1-2-32-20(28)15-27-21-18(24)7-6-8-19(21)33-23(27)25-22(29)16-9-11-17(12-10-16)34(30,31)26-13-4-3-5-14-26/h6-12H,2-5,13-15H2,1H3. The number of ether oxygens (including phenoxy) is 1. The van der Waals surface area contributed by atoms with E-state index < -0.39 is 21.9 Å². The summed E-state index contributed by atoms with van der Waals surface area (Å²) < 4.78 is 34.6. The summed E-state index contributed by atoms with van der Waals surface area (Å²) in [6.45, 7) is 2.82. The highest BCUT2D eigenvalue weighted by atomic mass is 35.5. The Morgan fingerprint density at radius 1 is 1.09 bits per heavy atom. The van der Waals surface area contributed by atoms with Crippen molar-refractivity contribution < 1.29 is 22.7 Å². The number of para-hydroxylation sites is 1. The molecular weight excluding hydrogens is 498 g/mol. The van der Waals surface area contributed by atoms with Gasteiger partial charge in [0.15, 0.2) is 4.80 Å². The van der Waals surface area contributed by atoms with Crippen LogP contribution in [0.4, 0.5) is 0 Å². The molecule has 2 aromatic carbocycles. The molecule has 1 saturated heterocycles. The van der Waals surface area contributed by atoms with Crippen LogP contribution in [-0.2, 0) is 26.1 Å². The molecule has 2 heterocycles. The highest BCUT2D eigenvalue weighted by molar-refractivity contribution is 7.89. The Morgan fingerprint density at radius 3 is 2.47 bits per heavy atom. The normalized spacial score (nSPS) is 15.5. The largest absolute Gasteiger partial charge is 0.465 e. The molecule has 0 saturated carbocycles. The summed E-state index contributed by atoms with van der Waals surface area (Å²) in [5.41, 5.74) is 0.834. The lowest BCUT2D eigenvalue weighted by molar-refractivity contribution is -0.143. The van der Waals surface area contributed by atoms with Crippen LogP contribution in [0.25, 0.3) is 10.2 Å². The van der Waals surface area contributed by atoms with Crippen molar-refractivity contribution in [2.75, 3.05) is 19.7 Å². The Labute approximate surface area is 206 Å². The van der Waals surface area contributed by atoms with Gasteiger partial charge in [0, 0.05) is 18.7 Å². The Kier molecular flexibility index (Phi) is 7.51. The molecule has 1 fully saturated rings. The van der Waals surface area contributed by atoms with Crippen molar-refractivity contribution in [3.05, 3.63) is 57.9 Å². The van der Waals surface area contributed by atoms with Gasteiger partial charge in [-0.3, -0.25) is 9.59 Å². The number of halogens is 1. The summed E-state index contributed by atoms with van der Waals surface area (Å²) in [7, 11) is -3.59. The highest BCUT2D eigenvalue weighted by Gasteiger charge is 2.26. The fraction of sp³-hybridized carbons (Fsp3) is 0.348. The number of fused-ring (bicyclic) bond motifs is 1. The lowest BCUT2D eigenvalue weighted by Gasteiger charge is -2.25. The smallest absolute Gasteiger partial charge is 0.326 e. The molecular formula is C23H24ClN3O5S2. The van der Waals surface area contributed by atoms with Gasteiger partial charge in [0.1, 0.15) is 6.54 Å². The minimum atomic E-state index is -3.59. The van der Waals surface area contributed by atoms with Gasteiger partial charge in [0.2, 0.25) is 10.0 Å². The first-order valence-corrected chi connectivity index (χ1v) is 13.6. The minimum Gasteiger partial charge on any atom is -0.465 e. The second-order valence-corrected chi connectivity index (χ2v) is 11.1. The van der Waals surface area contributed by atoms with E-state index in [4.69, 9.17) is 16.3 Å². The fourth-order valence-corrected chi connectivity index (χ4v) is 6.73. The third kappa shape index (κ3) is 5.10. The lowest BCUT2D eigenvalue weighted by atomic mass is 10.2. The number of amides is 1.